The molecule has 9 heteroatoms. The minimum Gasteiger partial charge on any atom is -1.00 e. The molecule has 0 unspecified atom stereocenters. The first-order valence-corrected chi connectivity index (χ1v) is 12.3. The number of piperazine rings is 1. The van der Waals surface area contributed by atoms with Gasteiger partial charge in [-0.2, -0.15) is 0 Å². The van der Waals surface area contributed by atoms with Crippen LogP contribution in [0.5, 0.6) is 23.0 Å². The van der Waals surface area contributed by atoms with Crippen LogP contribution in [0, 0.1) is 5.82 Å². The zero-order valence-corrected chi connectivity index (χ0v) is 23.6. The Bertz CT molecular complexity index is 1160. The molecular weight excluding hydrogens is 555 g/mol. The van der Waals surface area contributed by atoms with E-state index in [-0.39, 0.29) is 35.3 Å². The third kappa shape index (κ3) is 7.17. The number of hydrogen-bond donors (Lipinski definition) is 0. The van der Waals surface area contributed by atoms with Crippen LogP contribution < -0.4 is 35.9 Å². The number of hydrogen-bond acceptors (Lipinski definition) is 5. The fourth-order valence-corrected chi connectivity index (χ4v) is 4.84. The van der Waals surface area contributed by atoms with Gasteiger partial charge in [0, 0.05) is 23.3 Å². The van der Waals surface area contributed by atoms with E-state index in [2.05, 4.69) is 12.1 Å². The van der Waals surface area contributed by atoms with Crippen LogP contribution in [0.3, 0.4) is 0 Å². The SMILES string of the molecule is COc1cc(OCC(=O)N2CC[N+](Cc3ccccc3)(Cc3ccc(F)cc3)CC2)cc(OC)c1OC.[Br-]. The van der Waals surface area contributed by atoms with Crippen LogP contribution in [0.4, 0.5) is 4.39 Å². The van der Waals surface area contributed by atoms with Gasteiger partial charge in [0.1, 0.15) is 24.7 Å². The Labute approximate surface area is 234 Å². The van der Waals surface area contributed by atoms with E-state index in [0.29, 0.717) is 36.1 Å². The summed E-state index contributed by atoms with van der Waals surface area (Å²) in [5.74, 6) is 1.55. The third-order valence-electron chi connectivity index (χ3n) is 6.83. The first kappa shape index (κ1) is 29.3. The number of ether oxygens (including phenoxy) is 4. The van der Waals surface area contributed by atoms with Crippen LogP contribution >= 0.6 is 0 Å². The predicted molar refractivity (Wildman–Crippen MR) is 138 cm³/mol. The molecule has 4 rings (SSSR count). The molecule has 0 N–H and O–H groups in total. The molecule has 0 radical (unpaired) electrons. The second-order valence-electron chi connectivity index (χ2n) is 9.25. The number of quaternary nitrogens is 1. The number of methoxy groups -OCH3 is 3. The highest BCUT2D eigenvalue weighted by atomic mass is 79.9. The lowest BCUT2D eigenvalue weighted by Crippen LogP contribution is -3.00. The van der Waals surface area contributed by atoms with Crippen molar-refractivity contribution in [2.75, 3.05) is 54.1 Å². The number of amides is 1. The lowest BCUT2D eigenvalue weighted by atomic mass is 10.1. The molecule has 0 aliphatic carbocycles. The highest BCUT2D eigenvalue weighted by Crippen LogP contribution is 2.40. The Morgan fingerprint density at radius 3 is 1.92 bits per heavy atom. The van der Waals surface area contributed by atoms with E-state index in [9.17, 15) is 9.18 Å². The Kier molecular flexibility index (Phi) is 10.4. The molecule has 1 heterocycles. The summed E-state index contributed by atoms with van der Waals surface area (Å²) in [6.45, 7) is 4.36. The van der Waals surface area contributed by atoms with E-state index in [1.807, 2.05) is 35.2 Å². The van der Waals surface area contributed by atoms with Crippen molar-refractivity contribution < 1.29 is 49.6 Å². The Morgan fingerprint density at radius 1 is 0.842 bits per heavy atom. The molecular formula is C29H34BrFN2O5. The topological polar surface area (TPSA) is 57.2 Å². The van der Waals surface area contributed by atoms with Gasteiger partial charge < -0.3 is 45.3 Å². The monoisotopic (exact) mass is 588 g/mol. The maximum Gasteiger partial charge on any atom is 0.260 e. The zero-order chi connectivity index (χ0) is 26.3. The minimum absolute atomic E-state index is 0. The van der Waals surface area contributed by atoms with Gasteiger partial charge in [0.05, 0.1) is 47.5 Å². The predicted octanol–water partition coefficient (Wildman–Crippen LogP) is 1.29. The maximum absolute atomic E-state index is 13.5. The first-order valence-electron chi connectivity index (χ1n) is 12.3. The van der Waals surface area contributed by atoms with Crippen LogP contribution in [0.1, 0.15) is 11.1 Å². The summed E-state index contributed by atoms with van der Waals surface area (Å²) in [4.78, 5) is 14.9. The molecule has 0 aromatic heterocycles. The van der Waals surface area contributed by atoms with Gasteiger partial charge in [0.25, 0.3) is 5.91 Å². The molecule has 1 fully saturated rings. The summed E-state index contributed by atoms with van der Waals surface area (Å²) in [6.07, 6.45) is 0. The average molecular weight is 590 g/mol. The summed E-state index contributed by atoms with van der Waals surface area (Å²) in [5, 5.41) is 0. The van der Waals surface area contributed by atoms with Gasteiger partial charge in [0.2, 0.25) is 5.75 Å². The number of halogens is 2. The highest BCUT2D eigenvalue weighted by molar-refractivity contribution is 5.78. The molecule has 0 bridgehead atoms. The fourth-order valence-electron chi connectivity index (χ4n) is 4.84. The number of carbonyl (C=O) groups is 1. The Balaban J connectivity index is 0.00000400. The van der Waals surface area contributed by atoms with E-state index in [4.69, 9.17) is 18.9 Å². The van der Waals surface area contributed by atoms with Gasteiger partial charge in [-0.25, -0.2) is 4.39 Å². The van der Waals surface area contributed by atoms with Crippen LogP contribution in [-0.2, 0) is 17.9 Å². The normalized spacial score (nSPS) is 14.3. The molecule has 0 spiro atoms. The van der Waals surface area contributed by atoms with Crippen molar-refractivity contribution in [3.63, 3.8) is 0 Å². The van der Waals surface area contributed by atoms with Crippen molar-refractivity contribution in [1.29, 1.82) is 0 Å². The number of carbonyl (C=O) groups excluding carboxylic acids is 1. The molecule has 1 aliphatic rings. The summed E-state index contributed by atoms with van der Waals surface area (Å²) in [7, 11) is 4.60. The van der Waals surface area contributed by atoms with Crippen molar-refractivity contribution in [1.82, 2.24) is 4.90 Å². The van der Waals surface area contributed by atoms with E-state index in [1.54, 1.807) is 12.1 Å². The van der Waals surface area contributed by atoms with Crippen molar-refractivity contribution in [2.24, 2.45) is 0 Å². The van der Waals surface area contributed by atoms with E-state index < -0.39 is 0 Å². The second-order valence-corrected chi connectivity index (χ2v) is 9.25. The summed E-state index contributed by atoms with van der Waals surface area (Å²) < 4.78 is 36.2. The Morgan fingerprint density at radius 2 is 1.39 bits per heavy atom. The smallest absolute Gasteiger partial charge is 0.260 e. The van der Waals surface area contributed by atoms with Gasteiger partial charge >= 0.3 is 0 Å². The summed E-state index contributed by atoms with van der Waals surface area (Å²) >= 11 is 0. The quantitative estimate of drug-likeness (QED) is 0.334. The lowest BCUT2D eigenvalue weighted by molar-refractivity contribution is -0.956. The molecule has 1 aliphatic heterocycles. The van der Waals surface area contributed by atoms with E-state index in [1.165, 1.54) is 39.0 Å². The zero-order valence-electron chi connectivity index (χ0n) is 22.0. The standard InChI is InChI=1S/C29H34FN2O5.BrH/c1-34-26-17-25(18-27(35-2)29(26)36-3)37-21-28(33)31-13-15-32(16-14-31,19-22-7-5-4-6-8-22)20-23-9-11-24(30)12-10-23;/h4-12,17-18H,13-16,19-21H2,1-3H3;1H/q+1;/p-1. The lowest BCUT2D eigenvalue weighted by Gasteiger charge is -2.45. The summed E-state index contributed by atoms with van der Waals surface area (Å²) in [6, 6.07) is 20.4. The van der Waals surface area contributed by atoms with Gasteiger partial charge in [0.15, 0.2) is 18.1 Å². The highest BCUT2D eigenvalue weighted by Gasteiger charge is 2.35. The fraction of sp³-hybridized carbons (Fsp3) is 0.345. The maximum atomic E-state index is 13.5. The minimum atomic E-state index is -0.235. The molecule has 0 atom stereocenters. The summed E-state index contributed by atoms with van der Waals surface area (Å²) in [5.41, 5.74) is 2.33. The van der Waals surface area contributed by atoms with Gasteiger partial charge in [-0.1, -0.05) is 42.5 Å². The molecule has 204 valence electrons. The Hall–Kier alpha value is -3.30. The molecule has 7 nitrogen and oxygen atoms in total. The van der Waals surface area contributed by atoms with Crippen molar-refractivity contribution in [3.05, 3.63) is 83.7 Å². The first-order chi connectivity index (χ1) is 17.9. The largest absolute Gasteiger partial charge is 1.00 e. The average Bonchev–Trinajstić information content (AvgIpc) is 2.93. The van der Waals surface area contributed by atoms with Gasteiger partial charge in [-0.05, 0) is 12.1 Å². The number of benzene rings is 3. The van der Waals surface area contributed by atoms with Gasteiger partial charge in [-0.3, -0.25) is 4.79 Å². The van der Waals surface area contributed by atoms with Crippen molar-refractivity contribution >= 4 is 5.91 Å². The van der Waals surface area contributed by atoms with E-state index >= 15 is 0 Å². The van der Waals surface area contributed by atoms with Crippen LogP contribution in [0.25, 0.3) is 0 Å². The number of rotatable bonds is 10. The molecule has 38 heavy (non-hydrogen) atoms. The molecule has 3 aromatic carbocycles. The molecule has 1 saturated heterocycles. The van der Waals surface area contributed by atoms with Gasteiger partial charge in [-0.15, -0.1) is 0 Å². The van der Waals surface area contributed by atoms with E-state index in [0.717, 1.165) is 36.2 Å². The van der Waals surface area contributed by atoms with Crippen molar-refractivity contribution in [3.8, 4) is 23.0 Å². The van der Waals surface area contributed by atoms with Crippen LogP contribution in [-0.4, -0.2) is 69.4 Å². The van der Waals surface area contributed by atoms with Crippen molar-refractivity contribution in [2.45, 2.75) is 13.1 Å². The molecule has 1 amide bonds. The second kappa shape index (κ2) is 13.5. The molecule has 0 saturated carbocycles. The number of nitrogens with zero attached hydrogens (tertiary/aromatic N) is 2. The molecule has 3 aromatic rings. The van der Waals surface area contributed by atoms with Crippen LogP contribution in [0.15, 0.2) is 66.7 Å². The van der Waals surface area contributed by atoms with Crippen LogP contribution in [0.2, 0.25) is 0 Å². The third-order valence-corrected chi connectivity index (χ3v) is 6.83.